The first kappa shape index (κ1) is 12.9. The van der Waals surface area contributed by atoms with E-state index in [1.54, 1.807) is 16.8 Å². The number of Topliss-reactive ketones (excluding diaryl/α,β-unsaturated/α-hetero) is 1. The highest BCUT2D eigenvalue weighted by Crippen LogP contribution is 2.42. The van der Waals surface area contributed by atoms with Gasteiger partial charge in [-0.15, -0.1) is 0 Å². The van der Waals surface area contributed by atoms with E-state index in [4.69, 9.17) is 4.74 Å². The second-order valence-electron chi connectivity index (χ2n) is 5.29. The number of nitrogens with zero attached hydrogens (tertiary/aromatic N) is 2. The van der Waals surface area contributed by atoms with Crippen molar-refractivity contribution in [2.45, 2.75) is 25.7 Å². The number of carbonyl (C=O) groups is 1. The van der Waals surface area contributed by atoms with Crippen LogP contribution in [-0.2, 0) is 7.05 Å². The highest BCUT2D eigenvalue weighted by Gasteiger charge is 2.30. The minimum absolute atomic E-state index is 0.0147. The molecule has 0 spiro atoms. The molecule has 0 bridgehead atoms. The van der Waals surface area contributed by atoms with Gasteiger partial charge in [0.1, 0.15) is 0 Å². The maximum Gasteiger partial charge on any atom is 0.215 e. The molecular formula is C16H18N2O2. The minimum atomic E-state index is -0.0147. The van der Waals surface area contributed by atoms with E-state index in [-0.39, 0.29) is 12.4 Å². The summed E-state index contributed by atoms with van der Waals surface area (Å²) < 4.78 is 7.43. The molecule has 1 aromatic heterocycles. The summed E-state index contributed by atoms with van der Waals surface area (Å²) in [4.78, 5) is 12.0. The Bertz CT molecular complexity index is 627. The maximum absolute atomic E-state index is 12.0. The van der Waals surface area contributed by atoms with E-state index in [1.165, 1.54) is 12.8 Å². The minimum Gasteiger partial charge on any atom is -0.469 e. The first-order valence-corrected chi connectivity index (χ1v) is 6.91. The molecule has 1 heterocycles. The number of benzene rings is 1. The fourth-order valence-electron chi connectivity index (χ4n) is 2.42. The van der Waals surface area contributed by atoms with Crippen LogP contribution >= 0.6 is 0 Å². The van der Waals surface area contributed by atoms with Gasteiger partial charge in [-0.1, -0.05) is 30.3 Å². The van der Waals surface area contributed by atoms with Crippen molar-refractivity contribution in [2.75, 3.05) is 6.61 Å². The lowest BCUT2D eigenvalue weighted by atomic mass is 10.1. The summed E-state index contributed by atoms with van der Waals surface area (Å²) in [7, 11) is 1.86. The number of aromatic nitrogens is 2. The normalized spacial score (nSPS) is 14.3. The lowest BCUT2D eigenvalue weighted by molar-refractivity contribution is 0.0914. The number of rotatable bonds is 5. The van der Waals surface area contributed by atoms with E-state index < -0.39 is 0 Å². The molecule has 0 aliphatic heterocycles. The van der Waals surface area contributed by atoms with Crippen LogP contribution < -0.4 is 4.74 Å². The molecule has 2 aromatic rings. The number of ether oxygens (including phenoxy) is 1. The molecule has 104 valence electrons. The molecule has 4 nitrogen and oxygen atoms in total. The van der Waals surface area contributed by atoms with Crippen molar-refractivity contribution in [3.8, 4) is 5.88 Å². The SMILES string of the molecule is Cc1c(C2CC2)nn(C)c1OCC(=O)c1ccccc1. The van der Waals surface area contributed by atoms with Crippen molar-refractivity contribution in [3.05, 3.63) is 47.2 Å². The van der Waals surface area contributed by atoms with Crippen LogP contribution in [0.15, 0.2) is 30.3 Å². The zero-order valence-electron chi connectivity index (χ0n) is 11.8. The molecule has 0 amide bonds. The molecule has 0 atom stereocenters. The van der Waals surface area contributed by atoms with Gasteiger partial charge in [0, 0.05) is 24.1 Å². The summed E-state index contributed by atoms with van der Waals surface area (Å²) in [5.41, 5.74) is 2.86. The van der Waals surface area contributed by atoms with E-state index in [1.807, 2.05) is 32.2 Å². The summed E-state index contributed by atoms with van der Waals surface area (Å²) in [5, 5.41) is 4.50. The van der Waals surface area contributed by atoms with Crippen molar-refractivity contribution in [1.82, 2.24) is 9.78 Å². The highest BCUT2D eigenvalue weighted by atomic mass is 16.5. The van der Waals surface area contributed by atoms with Crippen molar-refractivity contribution in [2.24, 2.45) is 7.05 Å². The van der Waals surface area contributed by atoms with Gasteiger partial charge in [0.15, 0.2) is 12.4 Å². The standard InChI is InChI=1S/C16H18N2O2/c1-11-15(13-8-9-13)17-18(2)16(11)20-10-14(19)12-6-4-3-5-7-12/h3-7,13H,8-10H2,1-2H3. The molecular weight excluding hydrogens is 252 g/mol. The Morgan fingerprint density at radius 2 is 2.05 bits per heavy atom. The molecule has 1 aliphatic carbocycles. The third-order valence-corrected chi connectivity index (χ3v) is 3.66. The Kier molecular flexibility index (Phi) is 3.30. The number of carbonyl (C=O) groups excluding carboxylic acids is 1. The lowest BCUT2D eigenvalue weighted by Gasteiger charge is -2.06. The second kappa shape index (κ2) is 5.12. The number of aryl methyl sites for hydroxylation is 1. The van der Waals surface area contributed by atoms with Crippen LogP contribution in [0.3, 0.4) is 0 Å². The van der Waals surface area contributed by atoms with Gasteiger partial charge in [0.2, 0.25) is 5.88 Å². The fourth-order valence-corrected chi connectivity index (χ4v) is 2.42. The van der Waals surface area contributed by atoms with Crippen LogP contribution in [-0.4, -0.2) is 22.2 Å². The van der Waals surface area contributed by atoms with Crippen molar-refractivity contribution >= 4 is 5.78 Å². The molecule has 0 saturated heterocycles. The summed E-state index contributed by atoms with van der Waals surface area (Å²) in [5.74, 6) is 1.28. The fraction of sp³-hybridized carbons (Fsp3) is 0.375. The highest BCUT2D eigenvalue weighted by molar-refractivity contribution is 5.97. The van der Waals surface area contributed by atoms with Crippen LogP contribution in [0.4, 0.5) is 0 Å². The molecule has 0 radical (unpaired) electrons. The van der Waals surface area contributed by atoms with Crippen LogP contribution in [0.2, 0.25) is 0 Å². The lowest BCUT2D eigenvalue weighted by Crippen LogP contribution is -2.13. The molecule has 3 rings (SSSR count). The number of ketones is 1. The predicted octanol–water partition coefficient (Wildman–Crippen LogP) is 2.87. The largest absolute Gasteiger partial charge is 0.469 e. The van der Waals surface area contributed by atoms with Gasteiger partial charge in [0.25, 0.3) is 0 Å². The summed E-state index contributed by atoms with van der Waals surface area (Å²) >= 11 is 0. The smallest absolute Gasteiger partial charge is 0.215 e. The molecule has 0 N–H and O–H groups in total. The number of hydrogen-bond acceptors (Lipinski definition) is 3. The Hall–Kier alpha value is -2.10. The molecule has 1 fully saturated rings. The van der Waals surface area contributed by atoms with Crippen molar-refractivity contribution in [3.63, 3.8) is 0 Å². The van der Waals surface area contributed by atoms with E-state index >= 15 is 0 Å². The average molecular weight is 270 g/mol. The van der Waals surface area contributed by atoms with Crippen LogP contribution in [0, 0.1) is 6.92 Å². The topological polar surface area (TPSA) is 44.1 Å². The van der Waals surface area contributed by atoms with Crippen LogP contribution in [0.5, 0.6) is 5.88 Å². The Morgan fingerprint density at radius 1 is 1.35 bits per heavy atom. The van der Waals surface area contributed by atoms with Gasteiger partial charge in [-0.25, -0.2) is 4.68 Å². The van der Waals surface area contributed by atoms with Gasteiger partial charge in [-0.3, -0.25) is 4.79 Å². The van der Waals surface area contributed by atoms with Crippen molar-refractivity contribution in [1.29, 1.82) is 0 Å². The van der Waals surface area contributed by atoms with E-state index in [9.17, 15) is 4.79 Å². The van der Waals surface area contributed by atoms with Crippen LogP contribution in [0.1, 0.15) is 40.4 Å². The Morgan fingerprint density at radius 3 is 2.70 bits per heavy atom. The quantitative estimate of drug-likeness (QED) is 0.785. The average Bonchev–Trinajstić information content (AvgIpc) is 3.26. The molecule has 0 unspecified atom stereocenters. The Balaban J connectivity index is 1.71. The zero-order chi connectivity index (χ0) is 14.1. The Labute approximate surface area is 118 Å². The van der Waals surface area contributed by atoms with E-state index in [0.29, 0.717) is 17.4 Å². The predicted molar refractivity (Wildman–Crippen MR) is 76.2 cm³/mol. The first-order valence-electron chi connectivity index (χ1n) is 6.91. The third-order valence-electron chi connectivity index (χ3n) is 3.66. The van der Waals surface area contributed by atoms with Gasteiger partial charge >= 0.3 is 0 Å². The molecule has 1 aromatic carbocycles. The first-order chi connectivity index (χ1) is 9.66. The van der Waals surface area contributed by atoms with Gasteiger partial charge in [-0.2, -0.15) is 5.10 Å². The van der Waals surface area contributed by atoms with E-state index in [0.717, 1.165) is 11.3 Å². The maximum atomic E-state index is 12.0. The van der Waals surface area contributed by atoms with Gasteiger partial charge < -0.3 is 4.74 Å². The summed E-state index contributed by atoms with van der Waals surface area (Å²) in [6, 6.07) is 9.21. The second-order valence-corrected chi connectivity index (χ2v) is 5.29. The molecule has 1 saturated carbocycles. The van der Waals surface area contributed by atoms with Gasteiger partial charge in [-0.05, 0) is 19.8 Å². The van der Waals surface area contributed by atoms with Crippen LogP contribution in [0.25, 0.3) is 0 Å². The van der Waals surface area contributed by atoms with Crippen molar-refractivity contribution < 1.29 is 9.53 Å². The zero-order valence-corrected chi connectivity index (χ0v) is 11.8. The summed E-state index contributed by atoms with van der Waals surface area (Å²) in [6.07, 6.45) is 2.42. The third kappa shape index (κ3) is 2.46. The summed E-state index contributed by atoms with van der Waals surface area (Å²) in [6.45, 7) is 2.07. The van der Waals surface area contributed by atoms with Gasteiger partial charge in [0.05, 0.1) is 5.69 Å². The molecule has 1 aliphatic rings. The van der Waals surface area contributed by atoms with E-state index in [2.05, 4.69) is 5.10 Å². The monoisotopic (exact) mass is 270 g/mol. The molecule has 4 heteroatoms. The molecule has 20 heavy (non-hydrogen) atoms. The number of hydrogen-bond donors (Lipinski definition) is 0.